The molecule has 32 heavy (non-hydrogen) atoms. The van der Waals surface area contributed by atoms with Crippen LogP contribution in [-0.4, -0.2) is 15.5 Å². The van der Waals surface area contributed by atoms with Crippen LogP contribution in [0.1, 0.15) is 18.2 Å². The second-order valence-corrected chi connectivity index (χ2v) is 6.89. The van der Waals surface area contributed by atoms with Gasteiger partial charge in [-0.25, -0.2) is 4.98 Å². The van der Waals surface area contributed by atoms with Crippen LogP contribution in [0.4, 0.5) is 17.6 Å². The van der Waals surface area contributed by atoms with Gasteiger partial charge in [0.25, 0.3) is 23.5 Å². The summed E-state index contributed by atoms with van der Waals surface area (Å²) in [5.41, 5.74) is -3.36. The highest BCUT2D eigenvalue weighted by Gasteiger charge is 2.34. The average Bonchev–Trinajstić information content (AvgIpc) is 2.70. The van der Waals surface area contributed by atoms with Gasteiger partial charge < -0.3 is 4.74 Å². The maximum Gasteiger partial charge on any atom is 0.297 e. The number of allylic oxidation sites excluding steroid dienone is 1. The zero-order chi connectivity index (χ0) is 23.6. The molecule has 0 spiro atoms. The number of benzene rings is 1. The molecule has 0 bridgehead atoms. The fourth-order valence-corrected chi connectivity index (χ4v) is 2.82. The second-order valence-electron chi connectivity index (χ2n) is 6.45. The third-order valence-electron chi connectivity index (χ3n) is 4.00. The molecule has 1 aliphatic rings. The van der Waals surface area contributed by atoms with Gasteiger partial charge in [0.05, 0.1) is 24.5 Å². The van der Waals surface area contributed by atoms with E-state index in [4.69, 9.17) is 21.6 Å². The molecule has 1 amide bonds. The number of carbonyl (C=O) groups is 1. The number of ether oxygens (including phenoxy) is 1. The lowest BCUT2D eigenvalue weighted by atomic mass is 10.2. The molecule has 1 aromatic heterocycles. The van der Waals surface area contributed by atoms with Gasteiger partial charge in [0, 0.05) is 17.5 Å². The van der Waals surface area contributed by atoms with Crippen LogP contribution in [-0.2, 0) is 17.3 Å². The van der Waals surface area contributed by atoms with Gasteiger partial charge in [-0.2, -0.15) is 22.8 Å². The SMILES string of the molecule is CC(F)(F)c1ncn(CC2=CC(=C(F)F)N=NC2=O)c(=O)c1Oc1cc(Cl)cc(C#N)c1. The summed E-state index contributed by atoms with van der Waals surface area (Å²) in [6, 6.07) is 5.43. The Labute approximate surface area is 181 Å². The van der Waals surface area contributed by atoms with E-state index >= 15 is 0 Å². The molecule has 0 unspecified atom stereocenters. The summed E-state index contributed by atoms with van der Waals surface area (Å²) in [6.45, 7) is -0.134. The van der Waals surface area contributed by atoms with Gasteiger partial charge >= 0.3 is 0 Å². The molecule has 2 aromatic rings. The van der Waals surface area contributed by atoms with Crippen molar-refractivity contribution in [2.75, 3.05) is 0 Å². The van der Waals surface area contributed by atoms with Gasteiger partial charge in [0.1, 0.15) is 5.75 Å². The number of carbonyl (C=O) groups excluding carboxylic acids is 1. The van der Waals surface area contributed by atoms with Crippen LogP contribution in [0.5, 0.6) is 11.5 Å². The maximum absolute atomic E-state index is 14.1. The van der Waals surface area contributed by atoms with E-state index < -0.39 is 47.2 Å². The van der Waals surface area contributed by atoms with Crippen molar-refractivity contribution in [1.82, 2.24) is 9.55 Å². The lowest BCUT2D eigenvalue weighted by Gasteiger charge is -2.17. The first-order valence-corrected chi connectivity index (χ1v) is 8.95. The molecule has 1 aromatic carbocycles. The van der Waals surface area contributed by atoms with E-state index in [1.165, 1.54) is 12.1 Å². The molecule has 0 fully saturated rings. The van der Waals surface area contributed by atoms with Gasteiger partial charge in [-0.15, -0.1) is 10.2 Å². The minimum Gasteiger partial charge on any atom is -0.449 e. The molecular formula is C19H10ClF4N5O3. The number of rotatable bonds is 5. The number of azo groups is 1. The van der Waals surface area contributed by atoms with Crippen LogP contribution in [0.3, 0.4) is 0 Å². The maximum atomic E-state index is 14.1. The third kappa shape index (κ3) is 4.89. The molecule has 0 aliphatic carbocycles. The quantitative estimate of drug-likeness (QED) is 0.592. The van der Waals surface area contributed by atoms with Gasteiger partial charge in [0.2, 0.25) is 5.75 Å². The Balaban J connectivity index is 2.09. The molecule has 164 valence electrons. The topological polar surface area (TPSA) is 110 Å². The first-order valence-electron chi connectivity index (χ1n) is 8.58. The Kier molecular flexibility index (Phi) is 6.22. The Bertz CT molecular complexity index is 1300. The molecule has 0 N–H and O–H groups in total. The molecule has 8 nitrogen and oxygen atoms in total. The van der Waals surface area contributed by atoms with Gasteiger partial charge in [-0.05, 0) is 24.3 Å². The van der Waals surface area contributed by atoms with Crippen molar-refractivity contribution in [2.45, 2.75) is 19.4 Å². The fraction of sp³-hybridized carbons (Fsp3) is 0.158. The van der Waals surface area contributed by atoms with Crippen molar-refractivity contribution in [3.05, 3.63) is 74.6 Å². The molecule has 13 heteroatoms. The summed E-state index contributed by atoms with van der Waals surface area (Å²) in [5, 5.41) is 15.2. The summed E-state index contributed by atoms with van der Waals surface area (Å²) >= 11 is 5.87. The van der Waals surface area contributed by atoms with Gasteiger partial charge in [-0.1, -0.05) is 11.6 Å². The summed E-state index contributed by atoms with van der Waals surface area (Å²) in [6.07, 6.45) is -0.769. The van der Waals surface area contributed by atoms with E-state index in [0.29, 0.717) is 11.5 Å². The molecule has 1 aliphatic heterocycles. The summed E-state index contributed by atoms with van der Waals surface area (Å²) < 4.78 is 59.7. The lowest BCUT2D eigenvalue weighted by Crippen LogP contribution is -2.28. The predicted molar refractivity (Wildman–Crippen MR) is 101 cm³/mol. The van der Waals surface area contributed by atoms with E-state index in [0.717, 1.165) is 18.5 Å². The van der Waals surface area contributed by atoms with Crippen molar-refractivity contribution in [1.29, 1.82) is 5.26 Å². The van der Waals surface area contributed by atoms with Crippen molar-refractivity contribution >= 4 is 17.5 Å². The standard InChI is InChI=1S/C19H10ClF4N5O3/c1-19(23,24)15-14(32-12-3-9(6-25)2-11(20)5-12)18(31)29(8-26-15)7-10-4-13(16(21)22)27-28-17(10)30/h2-5,8H,7H2,1H3. The Hall–Kier alpha value is -3.85. The first kappa shape index (κ1) is 22.8. The van der Waals surface area contributed by atoms with Crippen molar-refractivity contribution < 1.29 is 27.1 Å². The van der Waals surface area contributed by atoms with E-state index in [2.05, 4.69) is 15.2 Å². The highest BCUT2D eigenvalue weighted by Crippen LogP contribution is 2.34. The van der Waals surface area contributed by atoms with Gasteiger partial charge in [0.15, 0.2) is 11.4 Å². The molecule has 0 saturated carbocycles. The van der Waals surface area contributed by atoms with Crippen molar-refractivity contribution in [3.63, 3.8) is 0 Å². The summed E-state index contributed by atoms with van der Waals surface area (Å²) in [5.74, 6) is -5.69. The summed E-state index contributed by atoms with van der Waals surface area (Å²) in [4.78, 5) is 28.3. The van der Waals surface area contributed by atoms with E-state index in [-0.39, 0.29) is 21.9 Å². The molecule has 3 rings (SSSR count). The second kappa shape index (κ2) is 8.72. The number of aromatic nitrogens is 2. The van der Waals surface area contributed by atoms with Crippen LogP contribution in [0, 0.1) is 11.3 Å². The van der Waals surface area contributed by atoms with Gasteiger partial charge in [-0.3, -0.25) is 14.2 Å². The highest BCUT2D eigenvalue weighted by molar-refractivity contribution is 6.30. The zero-order valence-electron chi connectivity index (χ0n) is 15.9. The van der Waals surface area contributed by atoms with E-state index in [9.17, 15) is 27.2 Å². The lowest BCUT2D eigenvalue weighted by molar-refractivity contribution is -0.115. The number of nitrogens with zero attached hydrogens (tertiary/aromatic N) is 5. The molecular weight excluding hydrogens is 458 g/mol. The predicted octanol–water partition coefficient (Wildman–Crippen LogP) is 4.70. The normalized spacial score (nSPS) is 13.6. The highest BCUT2D eigenvalue weighted by atomic mass is 35.5. The smallest absolute Gasteiger partial charge is 0.297 e. The average molecular weight is 468 g/mol. The monoisotopic (exact) mass is 467 g/mol. The largest absolute Gasteiger partial charge is 0.449 e. The minimum atomic E-state index is -3.61. The van der Waals surface area contributed by atoms with Crippen LogP contribution < -0.4 is 10.3 Å². The molecule has 0 atom stereocenters. The number of hydrogen-bond donors (Lipinski definition) is 0. The fourth-order valence-electron chi connectivity index (χ4n) is 2.60. The third-order valence-corrected chi connectivity index (χ3v) is 4.22. The van der Waals surface area contributed by atoms with Crippen molar-refractivity contribution in [3.8, 4) is 17.6 Å². The molecule has 2 heterocycles. The first-order chi connectivity index (χ1) is 15.0. The van der Waals surface area contributed by atoms with Crippen LogP contribution >= 0.6 is 11.6 Å². The number of hydrogen-bond acceptors (Lipinski definition) is 6. The Morgan fingerprint density at radius 1 is 1.25 bits per heavy atom. The molecule has 0 radical (unpaired) electrons. The zero-order valence-corrected chi connectivity index (χ0v) is 16.7. The summed E-state index contributed by atoms with van der Waals surface area (Å²) in [7, 11) is 0. The number of alkyl halides is 2. The number of amides is 1. The molecule has 0 saturated heterocycles. The van der Waals surface area contributed by atoms with E-state index in [1.807, 2.05) is 0 Å². The van der Waals surface area contributed by atoms with Crippen LogP contribution in [0.25, 0.3) is 0 Å². The number of halogens is 5. The van der Waals surface area contributed by atoms with E-state index in [1.54, 1.807) is 6.07 Å². The Morgan fingerprint density at radius 3 is 2.59 bits per heavy atom. The van der Waals surface area contributed by atoms with Crippen LogP contribution in [0.2, 0.25) is 5.02 Å². The van der Waals surface area contributed by atoms with Crippen LogP contribution in [0.15, 0.2) is 63.0 Å². The number of nitriles is 1. The minimum absolute atomic E-state index is 0.0393. The van der Waals surface area contributed by atoms with Crippen molar-refractivity contribution in [2.24, 2.45) is 10.2 Å². The Morgan fingerprint density at radius 2 is 1.97 bits per heavy atom.